The molecule has 5 heteroatoms. The molecule has 2 heterocycles. The Kier molecular flexibility index (Phi) is 5.77. The summed E-state index contributed by atoms with van der Waals surface area (Å²) in [4.78, 5) is 0. The van der Waals surface area contributed by atoms with Gasteiger partial charge in [0.15, 0.2) is 0 Å². The monoisotopic (exact) mass is 307 g/mol. The smallest absolute Gasteiger partial charge is 0.0991 e. The predicted molar refractivity (Wildman–Crippen MR) is 79.0 cm³/mol. The average Bonchev–Trinajstić information content (AvgIpc) is 2.94. The van der Waals surface area contributed by atoms with Gasteiger partial charge in [-0.05, 0) is 38.3 Å². The van der Waals surface area contributed by atoms with Crippen LogP contribution >= 0.6 is 34.5 Å². The Morgan fingerprint density at radius 1 is 1.56 bits per heavy atom. The molecule has 1 aromatic heterocycles. The average molecular weight is 308 g/mol. The molecule has 1 aromatic rings. The second-order valence-electron chi connectivity index (χ2n) is 4.60. The van der Waals surface area contributed by atoms with Crippen molar-refractivity contribution in [3.05, 3.63) is 20.3 Å². The minimum absolute atomic E-state index is 0.287. The van der Waals surface area contributed by atoms with Crippen LogP contribution in [0.4, 0.5) is 0 Å². The van der Waals surface area contributed by atoms with Crippen LogP contribution in [0.15, 0.2) is 6.07 Å². The highest BCUT2D eigenvalue weighted by molar-refractivity contribution is 7.20. The number of hydrogen-bond donors (Lipinski definition) is 1. The van der Waals surface area contributed by atoms with Crippen LogP contribution < -0.4 is 5.32 Å². The summed E-state index contributed by atoms with van der Waals surface area (Å²) in [7, 11) is 0. The van der Waals surface area contributed by atoms with Gasteiger partial charge in [-0.2, -0.15) is 0 Å². The van der Waals surface area contributed by atoms with E-state index in [1.165, 1.54) is 24.2 Å². The predicted octanol–water partition coefficient (Wildman–Crippen LogP) is 4.66. The molecule has 1 fully saturated rings. The van der Waals surface area contributed by atoms with Crippen molar-refractivity contribution in [1.29, 1.82) is 0 Å². The van der Waals surface area contributed by atoms with Crippen LogP contribution in [-0.4, -0.2) is 19.3 Å². The standard InChI is InChI=1S/C13H19Cl2NOS/c1-2-16-11(6-5-9-4-3-7-17-9)10-8-12(14)18-13(10)15/h8-9,11,16H,2-7H2,1H3. The zero-order valence-electron chi connectivity index (χ0n) is 10.5. The second kappa shape index (κ2) is 7.11. The third-order valence-corrected chi connectivity index (χ3v) is 4.83. The fourth-order valence-corrected chi connectivity index (χ4v) is 4.01. The van der Waals surface area contributed by atoms with E-state index in [1.54, 1.807) is 0 Å². The SMILES string of the molecule is CCNC(CCC1CCCO1)c1cc(Cl)sc1Cl. The Labute approximate surface area is 123 Å². The van der Waals surface area contributed by atoms with E-state index in [0.29, 0.717) is 6.10 Å². The van der Waals surface area contributed by atoms with E-state index in [0.717, 1.165) is 40.2 Å². The Bertz CT molecular complexity index is 377. The minimum atomic E-state index is 0.287. The molecule has 0 radical (unpaired) electrons. The summed E-state index contributed by atoms with van der Waals surface area (Å²) < 4.78 is 7.23. The van der Waals surface area contributed by atoms with E-state index < -0.39 is 0 Å². The van der Waals surface area contributed by atoms with Gasteiger partial charge in [0.1, 0.15) is 0 Å². The van der Waals surface area contributed by atoms with Crippen molar-refractivity contribution in [2.45, 2.75) is 44.8 Å². The molecule has 1 saturated heterocycles. The van der Waals surface area contributed by atoms with E-state index in [2.05, 4.69) is 12.2 Å². The Morgan fingerprint density at radius 3 is 2.94 bits per heavy atom. The van der Waals surface area contributed by atoms with Crippen LogP contribution in [-0.2, 0) is 4.74 Å². The largest absolute Gasteiger partial charge is 0.378 e. The fourth-order valence-electron chi connectivity index (χ4n) is 2.43. The highest BCUT2D eigenvalue weighted by atomic mass is 35.5. The van der Waals surface area contributed by atoms with Crippen LogP contribution in [0.1, 0.15) is 44.2 Å². The molecule has 1 aliphatic heterocycles. The Morgan fingerprint density at radius 2 is 2.39 bits per heavy atom. The van der Waals surface area contributed by atoms with Gasteiger partial charge in [-0.15, -0.1) is 11.3 Å². The molecule has 0 aromatic carbocycles. The summed E-state index contributed by atoms with van der Waals surface area (Å²) in [5.41, 5.74) is 1.13. The number of ether oxygens (including phenoxy) is 1. The van der Waals surface area contributed by atoms with Crippen molar-refractivity contribution in [3.8, 4) is 0 Å². The highest BCUT2D eigenvalue weighted by Crippen LogP contribution is 2.37. The number of hydrogen-bond acceptors (Lipinski definition) is 3. The van der Waals surface area contributed by atoms with E-state index >= 15 is 0 Å². The summed E-state index contributed by atoms with van der Waals surface area (Å²) in [6.45, 7) is 3.96. The number of halogens is 2. The molecule has 1 aliphatic rings. The summed E-state index contributed by atoms with van der Waals surface area (Å²) in [6, 6.07) is 2.27. The van der Waals surface area contributed by atoms with Gasteiger partial charge in [-0.3, -0.25) is 0 Å². The molecular weight excluding hydrogens is 289 g/mol. The molecule has 18 heavy (non-hydrogen) atoms. The van der Waals surface area contributed by atoms with Crippen molar-refractivity contribution < 1.29 is 4.74 Å². The van der Waals surface area contributed by atoms with Crippen LogP contribution in [0.5, 0.6) is 0 Å². The minimum Gasteiger partial charge on any atom is -0.378 e. The van der Waals surface area contributed by atoms with Crippen LogP contribution in [0, 0.1) is 0 Å². The number of thiophene rings is 1. The first-order chi connectivity index (χ1) is 8.70. The summed E-state index contributed by atoms with van der Waals surface area (Å²) in [5, 5.41) is 3.49. The van der Waals surface area contributed by atoms with Crippen LogP contribution in [0.2, 0.25) is 8.67 Å². The lowest BCUT2D eigenvalue weighted by Crippen LogP contribution is -2.22. The van der Waals surface area contributed by atoms with Gasteiger partial charge in [0.25, 0.3) is 0 Å². The van der Waals surface area contributed by atoms with Crippen molar-refractivity contribution >= 4 is 34.5 Å². The summed E-state index contributed by atoms with van der Waals surface area (Å²) in [6.07, 6.45) is 4.95. The Balaban J connectivity index is 1.96. The molecule has 1 N–H and O–H groups in total. The van der Waals surface area contributed by atoms with Gasteiger partial charge in [0, 0.05) is 18.2 Å². The molecule has 2 rings (SSSR count). The maximum Gasteiger partial charge on any atom is 0.0991 e. The van der Waals surface area contributed by atoms with Crippen LogP contribution in [0.3, 0.4) is 0 Å². The molecule has 0 amide bonds. The van der Waals surface area contributed by atoms with Gasteiger partial charge in [-0.1, -0.05) is 30.1 Å². The van der Waals surface area contributed by atoms with Crippen molar-refractivity contribution in [2.75, 3.05) is 13.2 Å². The molecule has 0 bridgehead atoms. The molecular formula is C13H19Cl2NOS. The molecule has 2 atom stereocenters. The molecule has 102 valence electrons. The first kappa shape index (κ1) is 14.6. The lowest BCUT2D eigenvalue weighted by atomic mass is 10.0. The second-order valence-corrected chi connectivity index (χ2v) is 6.89. The Hall–Kier alpha value is 0.200. The van der Waals surface area contributed by atoms with Crippen molar-refractivity contribution in [1.82, 2.24) is 5.32 Å². The third kappa shape index (κ3) is 3.84. The van der Waals surface area contributed by atoms with E-state index in [1.807, 2.05) is 6.07 Å². The fraction of sp³-hybridized carbons (Fsp3) is 0.692. The lowest BCUT2D eigenvalue weighted by Gasteiger charge is -2.19. The van der Waals surface area contributed by atoms with E-state index in [9.17, 15) is 0 Å². The summed E-state index contributed by atoms with van der Waals surface area (Å²) in [5.74, 6) is 0. The molecule has 0 aliphatic carbocycles. The van der Waals surface area contributed by atoms with Crippen molar-refractivity contribution in [2.24, 2.45) is 0 Å². The van der Waals surface area contributed by atoms with Gasteiger partial charge in [-0.25, -0.2) is 0 Å². The van der Waals surface area contributed by atoms with Crippen LogP contribution in [0.25, 0.3) is 0 Å². The molecule has 2 nitrogen and oxygen atoms in total. The number of nitrogens with one attached hydrogen (secondary N) is 1. The maximum atomic E-state index is 6.23. The zero-order valence-corrected chi connectivity index (χ0v) is 12.9. The van der Waals surface area contributed by atoms with Gasteiger partial charge >= 0.3 is 0 Å². The normalized spacial score (nSPS) is 21.4. The van der Waals surface area contributed by atoms with E-state index in [-0.39, 0.29) is 6.04 Å². The quantitative estimate of drug-likeness (QED) is 0.825. The van der Waals surface area contributed by atoms with Gasteiger partial charge < -0.3 is 10.1 Å². The third-order valence-electron chi connectivity index (χ3n) is 3.31. The molecule has 2 unspecified atom stereocenters. The molecule has 0 spiro atoms. The number of rotatable bonds is 6. The molecule has 0 saturated carbocycles. The maximum absolute atomic E-state index is 6.23. The first-order valence-corrected chi connectivity index (χ1v) is 8.07. The van der Waals surface area contributed by atoms with Crippen molar-refractivity contribution in [3.63, 3.8) is 0 Å². The van der Waals surface area contributed by atoms with Gasteiger partial charge in [0.2, 0.25) is 0 Å². The highest BCUT2D eigenvalue weighted by Gasteiger charge is 2.21. The van der Waals surface area contributed by atoms with Gasteiger partial charge in [0.05, 0.1) is 14.8 Å². The first-order valence-electron chi connectivity index (χ1n) is 6.50. The topological polar surface area (TPSA) is 21.3 Å². The lowest BCUT2D eigenvalue weighted by molar-refractivity contribution is 0.0996. The zero-order chi connectivity index (χ0) is 13.0. The van der Waals surface area contributed by atoms with E-state index in [4.69, 9.17) is 27.9 Å². The summed E-state index contributed by atoms with van der Waals surface area (Å²) >= 11 is 13.7.